The molecule has 13 heavy (non-hydrogen) atoms. The van der Waals surface area contributed by atoms with Crippen molar-refractivity contribution in [2.24, 2.45) is 0 Å². The third-order valence-electron chi connectivity index (χ3n) is 1.20. The maximum Gasteiger partial charge on any atom is 0.181 e. The molecule has 0 unspecified atom stereocenters. The Balaban J connectivity index is 0.000000113. The van der Waals surface area contributed by atoms with Crippen LogP contribution in [-0.4, -0.2) is 15.0 Å². The Hall–Kier alpha value is -0.850. The minimum absolute atomic E-state index is 0.889. The van der Waals surface area contributed by atoms with Gasteiger partial charge >= 0.3 is 0 Å². The van der Waals surface area contributed by atoms with Crippen molar-refractivity contribution in [2.45, 2.75) is 0 Å². The second-order valence-corrected chi connectivity index (χ2v) is 4.71. The maximum absolute atomic E-state index is 4.00. The first kappa shape index (κ1) is 8.74. The Morgan fingerprint density at radius 3 is 2.15 bits per heavy atom. The summed E-state index contributed by atoms with van der Waals surface area (Å²) in [6.45, 7) is 0. The average Bonchev–Trinajstić information content (AvgIpc) is 2.84. The van der Waals surface area contributed by atoms with Crippen LogP contribution in [0.3, 0.4) is 0 Å². The van der Waals surface area contributed by atoms with Crippen molar-refractivity contribution in [3.8, 4) is 0 Å². The van der Waals surface area contributed by atoms with E-state index in [4.69, 9.17) is 0 Å². The zero-order valence-electron chi connectivity index (χ0n) is 6.45. The maximum atomic E-state index is 4.00. The van der Waals surface area contributed by atoms with Crippen LogP contribution in [0, 0.1) is 0 Å². The highest BCUT2D eigenvalue weighted by Crippen LogP contribution is 2.19. The van der Waals surface area contributed by atoms with Gasteiger partial charge in [-0.15, -0.1) is 34.0 Å². The predicted molar refractivity (Wildman–Crippen MR) is 57.4 cm³/mol. The largest absolute Gasteiger partial charge is 0.253 e. The van der Waals surface area contributed by atoms with E-state index in [0.29, 0.717) is 0 Å². The summed E-state index contributed by atoms with van der Waals surface area (Å²) in [5.74, 6) is 0. The fraction of sp³-hybridized carbons (Fsp3) is 0. The molecule has 0 saturated carbocycles. The van der Waals surface area contributed by atoms with Crippen molar-refractivity contribution < 1.29 is 0 Å². The molecule has 6 heteroatoms. The molecule has 0 atom stereocenters. The van der Waals surface area contributed by atoms with E-state index < -0.39 is 0 Å². The summed E-state index contributed by atoms with van der Waals surface area (Å²) >= 11 is 4.88. The topological polar surface area (TPSA) is 38.7 Å². The average molecular weight is 227 g/mol. The van der Waals surface area contributed by atoms with Crippen LogP contribution in [-0.2, 0) is 0 Å². The summed E-state index contributed by atoms with van der Waals surface area (Å²) < 4.78 is 1.21. The second kappa shape index (κ2) is 4.40. The standard InChI is InChI=1S/C4H2N2S2.C3H3NS/c1-5-3-4(7-1)8-2-6-3;1-2-5-3-4-1/h1-2H;1-3H. The molecule has 0 aliphatic rings. The van der Waals surface area contributed by atoms with Gasteiger partial charge in [-0.05, 0) is 0 Å². The molecule has 0 spiro atoms. The lowest BCUT2D eigenvalue weighted by Crippen LogP contribution is -1.58. The fourth-order valence-electron chi connectivity index (χ4n) is 0.696. The molecular weight excluding hydrogens is 222 g/mol. The summed E-state index contributed by atoms with van der Waals surface area (Å²) in [4.78, 5) is 11.7. The van der Waals surface area contributed by atoms with E-state index in [1.54, 1.807) is 45.7 Å². The lowest BCUT2D eigenvalue weighted by Gasteiger charge is -1.60. The van der Waals surface area contributed by atoms with E-state index >= 15 is 0 Å². The van der Waals surface area contributed by atoms with E-state index in [9.17, 15) is 0 Å². The van der Waals surface area contributed by atoms with Crippen molar-refractivity contribution in [3.63, 3.8) is 0 Å². The number of hydrogen-bond donors (Lipinski definition) is 0. The molecule has 0 amide bonds. The number of fused-ring (bicyclic) bond motifs is 1. The molecule has 0 saturated heterocycles. The quantitative estimate of drug-likeness (QED) is 0.592. The van der Waals surface area contributed by atoms with Gasteiger partial charge in [0.25, 0.3) is 0 Å². The fourth-order valence-corrected chi connectivity index (χ4v) is 2.45. The van der Waals surface area contributed by atoms with Gasteiger partial charge in [-0.25, -0.2) is 9.97 Å². The molecule has 0 aromatic carbocycles. The van der Waals surface area contributed by atoms with Crippen LogP contribution in [0.25, 0.3) is 9.66 Å². The van der Waals surface area contributed by atoms with Crippen LogP contribution in [0.5, 0.6) is 0 Å². The third-order valence-corrected chi connectivity index (χ3v) is 3.51. The summed E-state index contributed by atoms with van der Waals surface area (Å²) in [6, 6.07) is 0. The van der Waals surface area contributed by atoms with Crippen LogP contribution in [0.4, 0.5) is 0 Å². The van der Waals surface area contributed by atoms with Gasteiger partial charge in [-0.2, -0.15) is 0 Å². The minimum Gasteiger partial charge on any atom is -0.253 e. The lowest BCUT2D eigenvalue weighted by molar-refractivity contribution is 1.37. The lowest BCUT2D eigenvalue weighted by atomic mass is 10.9. The molecule has 3 heterocycles. The molecule has 0 N–H and O–H groups in total. The third kappa shape index (κ3) is 2.30. The van der Waals surface area contributed by atoms with Crippen LogP contribution in [0.2, 0.25) is 0 Å². The van der Waals surface area contributed by atoms with Crippen LogP contribution in [0.15, 0.2) is 28.1 Å². The second-order valence-electron chi connectivity index (χ2n) is 1.99. The zero-order chi connectivity index (χ0) is 8.93. The Morgan fingerprint density at radius 2 is 1.77 bits per heavy atom. The van der Waals surface area contributed by atoms with E-state index in [2.05, 4.69) is 15.0 Å². The molecule has 0 bridgehead atoms. The highest BCUT2D eigenvalue weighted by molar-refractivity contribution is 7.36. The summed E-state index contributed by atoms with van der Waals surface area (Å²) in [5, 5.41) is 1.93. The smallest absolute Gasteiger partial charge is 0.181 e. The van der Waals surface area contributed by atoms with E-state index in [1.807, 2.05) is 16.4 Å². The molecule has 0 aliphatic heterocycles. The van der Waals surface area contributed by atoms with Gasteiger partial charge in [0.05, 0.1) is 16.5 Å². The number of rotatable bonds is 0. The Morgan fingerprint density at radius 1 is 1.00 bits per heavy atom. The van der Waals surface area contributed by atoms with Crippen molar-refractivity contribution in [3.05, 3.63) is 28.1 Å². The van der Waals surface area contributed by atoms with Gasteiger partial charge in [0.2, 0.25) is 0 Å². The summed E-state index contributed by atoms with van der Waals surface area (Å²) in [6.07, 6.45) is 1.77. The van der Waals surface area contributed by atoms with Gasteiger partial charge in [-0.3, -0.25) is 4.98 Å². The molecule has 3 nitrogen and oxygen atoms in total. The van der Waals surface area contributed by atoms with Crippen molar-refractivity contribution in [2.75, 3.05) is 0 Å². The van der Waals surface area contributed by atoms with Crippen LogP contribution in [0.1, 0.15) is 0 Å². The first-order valence-electron chi connectivity index (χ1n) is 3.41. The van der Waals surface area contributed by atoms with Gasteiger partial charge in [0.15, 0.2) is 5.65 Å². The Labute approximate surface area is 86.8 Å². The first-order valence-corrected chi connectivity index (χ1v) is 6.12. The van der Waals surface area contributed by atoms with Crippen molar-refractivity contribution in [1.29, 1.82) is 0 Å². The highest BCUT2D eigenvalue weighted by Gasteiger charge is 1.94. The Bertz CT molecular complexity index is 374. The van der Waals surface area contributed by atoms with E-state index in [0.717, 1.165) is 5.65 Å². The molecule has 0 aliphatic carbocycles. The first-order chi connectivity index (χ1) is 6.47. The SMILES string of the molecule is c1cscn1.c1nc2ncsc2s1. The van der Waals surface area contributed by atoms with Crippen molar-refractivity contribution in [1.82, 2.24) is 15.0 Å². The molecule has 3 rings (SSSR count). The number of aromatic nitrogens is 3. The molecule has 3 aromatic heterocycles. The van der Waals surface area contributed by atoms with Crippen LogP contribution < -0.4 is 0 Å². The number of hydrogen-bond acceptors (Lipinski definition) is 6. The van der Waals surface area contributed by atoms with Crippen molar-refractivity contribution >= 4 is 43.7 Å². The summed E-state index contributed by atoms with van der Waals surface area (Å²) in [7, 11) is 0. The number of thiazole rings is 3. The number of nitrogens with zero attached hydrogens (tertiary/aromatic N) is 3. The molecule has 0 fully saturated rings. The minimum atomic E-state index is 0.889. The predicted octanol–water partition coefficient (Wildman–Crippen LogP) is 2.90. The highest BCUT2D eigenvalue weighted by atomic mass is 32.2. The molecule has 66 valence electrons. The zero-order valence-corrected chi connectivity index (χ0v) is 8.90. The van der Waals surface area contributed by atoms with E-state index in [1.165, 1.54) is 4.01 Å². The summed E-state index contributed by atoms with van der Waals surface area (Å²) in [5.41, 5.74) is 6.31. The molecular formula is C7H5N3S3. The van der Waals surface area contributed by atoms with E-state index in [-0.39, 0.29) is 0 Å². The van der Waals surface area contributed by atoms with Gasteiger partial charge in [0.1, 0.15) is 4.01 Å². The Kier molecular flexibility index (Phi) is 2.96. The molecule has 3 aromatic rings. The van der Waals surface area contributed by atoms with Gasteiger partial charge in [0, 0.05) is 11.6 Å². The normalized spacial score (nSPS) is 9.54. The molecule has 0 radical (unpaired) electrons. The van der Waals surface area contributed by atoms with Gasteiger partial charge in [-0.1, -0.05) is 0 Å². The van der Waals surface area contributed by atoms with Gasteiger partial charge < -0.3 is 0 Å². The van der Waals surface area contributed by atoms with Crippen LogP contribution >= 0.6 is 34.0 Å². The monoisotopic (exact) mass is 227 g/mol.